The minimum absolute atomic E-state index is 0.251. The van der Waals surface area contributed by atoms with E-state index in [0.717, 1.165) is 43.4 Å². The maximum atomic E-state index is 5.78. The van der Waals surface area contributed by atoms with E-state index in [-0.39, 0.29) is 5.79 Å². The second kappa shape index (κ2) is 6.14. The molecule has 20 heavy (non-hydrogen) atoms. The number of hydrogen-bond acceptors (Lipinski definition) is 3. The van der Waals surface area contributed by atoms with Gasteiger partial charge >= 0.3 is 0 Å². The van der Waals surface area contributed by atoms with Gasteiger partial charge in [0.2, 0.25) is 0 Å². The molecule has 1 heterocycles. The highest BCUT2D eigenvalue weighted by atomic mass is 79.9. The van der Waals surface area contributed by atoms with Gasteiger partial charge in [0.05, 0.1) is 13.2 Å². The Bertz CT molecular complexity index is 432. The van der Waals surface area contributed by atoms with Crippen LogP contribution in [0.3, 0.4) is 0 Å². The van der Waals surface area contributed by atoms with Gasteiger partial charge in [-0.1, -0.05) is 28.1 Å². The van der Waals surface area contributed by atoms with Crippen molar-refractivity contribution in [2.45, 2.75) is 50.5 Å². The van der Waals surface area contributed by atoms with Crippen LogP contribution >= 0.6 is 15.9 Å². The molecular weight excluding hydrogens is 318 g/mol. The van der Waals surface area contributed by atoms with E-state index in [1.807, 2.05) is 0 Å². The largest absolute Gasteiger partial charge is 0.348 e. The zero-order chi connectivity index (χ0) is 14.0. The minimum atomic E-state index is -0.251. The van der Waals surface area contributed by atoms with Crippen molar-refractivity contribution < 1.29 is 9.47 Å². The van der Waals surface area contributed by atoms with Crippen molar-refractivity contribution in [2.24, 2.45) is 0 Å². The molecule has 1 saturated carbocycles. The van der Waals surface area contributed by atoms with Gasteiger partial charge in [-0.05, 0) is 37.5 Å². The number of halogens is 1. The number of ether oxygens (including phenoxy) is 2. The second-order valence-corrected chi connectivity index (χ2v) is 6.74. The predicted molar refractivity (Wildman–Crippen MR) is 82.6 cm³/mol. The third kappa shape index (κ3) is 3.25. The molecule has 4 heteroatoms. The second-order valence-electron chi connectivity index (χ2n) is 5.82. The normalized spacial score (nSPS) is 24.1. The summed E-state index contributed by atoms with van der Waals surface area (Å²) < 4.78 is 12.7. The van der Waals surface area contributed by atoms with Crippen molar-refractivity contribution in [2.75, 3.05) is 13.2 Å². The lowest BCUT2D eigenvalue weighted by Crippen LogP contribution is -2.42. The van der Waals surface area contributed by atoms with Crippen molar-refractivity contribution >= 4 is 15.9 Å². The molecule has 0 amide bonds. The van der Waals surface area contributed by atoms with E-state index in [4.69, 9.17) is 9.47 Å². The minimum Gasteiger partial charge on any atom is -0.348 e. The van der Waals surface area contributed by atoms with Gasteiger partial charge in [0, 0.05) is 29.4 Å². The van der Waals surface area contributed by atoms with Crippen LogP contribution in [-0.4, -0.2) is 25.0 Å². The van der Waals surface area contributed by atoms with Crippen molar-refractivity contribution in [3.8, 4) is 0 Å². The summed E-state index contributed by atoms with van der Waals surface area (Å²) in [4.78, 5) is 0. The molecule has 0 bridgehead atoms. The lowest BCUT2D eigenvalue weighted by molar-refractivity contribution is -0.179. The molecule has 2 aliphatic rings. The van der Waals surface area contributed by atoms with Gasteiger partial charge in [-0.25, -0.2) is 0 Å². The fourth-order valence-corrected chi connectivity index (χ4v) is 3.48. The molecule has 1 N–H and O–H groups in total. The summed E-state index contributed by atoms with van der Waals surface area (Å²) in [5, 5.41) is 3.73. The molecule has 1 aliphatic carbocycles. The number of benzene rings is 1. The Morgan fingerprint density at radius 1 is 1.15 bits per heavy atom. The summed E-state index contributed by atoms with van der Waals surface area (Å²) in [6.07, 6.45) is 4.27. The summed E-state index contributed by atoms with van der Waals surface area (Å²) in [5.41, 5.74) is 1.34. The molecule has 110 valence electrons. The van der Waals surface area contributed by atoms with Crippen LogP contribution in [-0.2, 0) is 9.47 Å². The van der Waals surface area contributed by atoms with Crippen LogP contribution in [0.2, 0.25) is 0 Å². The lowest BCUT2D eigenvalue weighted by atomic mass is 9.89. The fraction of sp³-hybridized carbons (Fsp3) is 0.625. The first-order chi connectivity index (χ1) is 9.67. The quantitative estimate of drug-likeness (QED) is 0.908. The first-order valence-electron chi connectivity index (χ1n) is 7.46. The van der Waals surface area contributed by atoms with E-state index in [2.05, 4.69) is 52.4 Å². The highest BCUT2D eigenvalue weighted by Gasteiger charge is 2.40. The average Bonchev–Trinajstić information content (AvgIpc) is 2.91. The van der Waals surface area contributed by atoms with Crippen LogP contribution in [0, 0.1) is 0 Å². The van der Waals surface area contributed by atoms with Gasteiger partial charge in [0.15, 0.2) is 5.79 Å². The third-order valence-corrected chi connectivity index (χ3v) is 4.95. The van der Waals surface area contributed by atoms with Gasteiger partial charge in [0.25, 0.3) is 0 Å². The van der Waals surface area contributed by atoms with Crippen molar-refractivity contribution in [3.63, 3.8) is 0 Å². The molecule has 1 aromatic rings. The highest BCUT2D eigenvalue weighted by Crippen LogP contribution is 2.36. The molecular formula is C16H22BrNO2. The molecule has 0 unspecified atom stereocenters. The Morgan fingerprint density at radius 3 is 2.35 bits per heavy atom. The van der Waals surface area contributed by atoms with Crippen LogP contribution < -0.4 is 5.32 Å². The number of rotatable bonds is 3. The third-order valence-electron chi connectivity index (χ3n) is 4.42. The summed E-state index contributed by atoms with van der Waals surface area (Å²) in [7, 11) is 0. The number of hydrogen-bond donors (Lipinski definition) is 1. The summed E-state index contributed by atoms with van der Waals surface area (Å²) in [6.45, 7) is 3.75. The smallest absolute Gasteiger partial charge is 0.168 e. The standard InChI is InChI=1S/C16H22BrNO2/c1-12(13-2-4-14(17)5-3-13)18-15-6-8-16(9-7-15)19-10-11-20-16/h2-5,12,15,18H,6-11H2,1H3/t12-/m0/s1. The Kier molecular flexibility index (Phi) is 4.46. The van der Waals surface area contributed by atoms with Crippen LogP contribution in [0.4, 0.5) is 0 Å². The first kappa shape index (κ1) is 14.5. The van der Waals surface area contributed by atoms with Gasteiger partial charge in [-0.3, -0.25) is 0 Å². The molecule has 1 aromatic carbocycles. The Labute approximate surface area is 129 Å². The molecule has 1 atom stereocenters. The highest BCUT2D eigenvalue weighted by molar-refractivity contribution is 9.10. The topological polar surface area (TPSA) is 30.5 Å². The van der Waals surface area contributed by atoms with E-state index in [1.165, 1.54) is 5.56 Å². The van der Waals surface area contributed by atoms with E-state index in [0.29, 0.717) is 12.1 Å². The SMILES string of the molecule is C[C@H](NC1CCC2(CC1)OCCO2)c1ccc(Br)cc1. The van der Waals surface area contributed by atoms with Crippen molar-refractivity contribution in [1.29, 1.82) is 0 Å². The molecule has 3 nitrogen and oxygen atoms in total. The molecule has 1 spiro atoms. The van der Waals surface area contributed by atoms with E-state index in [9.17, 15) is 0 Å². The van der Waals surface area contributed by atoms with Gasteiger partial charge in [-0.15, -0.1) is 0 Å². The lowest BCUT2D eigenvalue weighted by Gasteiger charge is -2.36. The maximum absolute atomic E-state index is 5.78. The molecule has 0 aromatic heterocycles. The van der Waals surface area contributed by atoms with Crippen molar-refractivity contribution in [1.82, 2.24) is 5.32 Å². The van der Waals surface area contributed by atoms with Gasteiger partial charge in [-0.2, -0.15) is 0 Å². The summed E-state index contributed by atoms with van der Waals surface area (Å²) in [6, 6.07) is 9.50. The summed E-state index contributed by atoms with van der Waals surface area (Å²) >= 11 is 3.48. The average molecular weight is 340 g/mol. The molecule has 1 aliphatic heterocycles. The van der Waals surface area contributed by atoms with Crippen LogP contribution in [0.1, 0.15) is 44.2 Å². The molecule has 3 rings (SSSR count). The maximum Gasteiger partial charge on any atom is 0.168 e. The van der Waals surface area contributed by atoms with Gasteiger partial charge < -0.3 is 14.8 Å². The van der Waals surface area contributed by atoms with E-state index in [1.54, 1.807) is 0 Å². The Morgan fingerprint density at radius 2 is 1.75 bits per heavy atom. The zero-order valence-corrected chi connectivity index (χ0v) is 13.5. The van der Waals surface area contributed by atoms with Crippen molar-refractivity contribution in [3.05, 3.63) is 34.3 Å². The first-order valence-corrected chi connectivity index (χ1v) is 8.26. The Hall–Kier alpha value is -0.420. The number of nitrogens with one attached hydrogen (secondary N) is 1. The van der Waals surface area contributed by atoms with Crippen LogP contribution in [0.5, 0.6) is 0 Å². The molecule has 1 saturated heterocycles. The monoisotopic (exact) mass is 339 g/mol. The summed E-state index contributed by atoms with van der Waals surface area (Å²) in [5.74, 6) is -0.251. The Balaban J connectivity index is 1.52. The molecule has 2 fully saturated rings. The fourth-order valence-electron chi connectivity index (χ4n) is 3.21. The van der Waals surface area contributed by atoms with Crippen LogP contribution in [0.15, 0.2) is 28.7 Å². The van der Waals surface area contributed by atoms with Crippen LogP contribution in [0.25, 0.3) is 0 Å². The zero-order valence-electron chi connectivity index (χ0n) is 11.9. The van der Waals surface area contributed by atoms with E-state index < -0.39 is 0 Å². The molecule has 0 radical (unpaired) electrons. The van der Waals surface area contributed by atoms with E-state index >= 15 is 0 Å². The predicted octanol–water partition coefficient (Wildman–Crippen LogP) is 3.79. The van der Waals surface area contributed by atoms with Gasteiger partial charge in [0.1, 0.15) is 0 Å².